The minimum Gasteiger partial charge on any atom is -0.352 e. The maximum absolute atomic E-state index is 9.68. The molecule has 1 N–H and O–H groups in total. The monoisotopic (exact) mass is 261 g/mol. The lowest BCUT2D eigenvalue weighted by molar-refractivity contribution is 0.296. The van der Waals surface area contributed by atoms with E-state index in [2.05, 4.69) is 53.7 Å². The van der Waals surface area contributed by atoms with Crippen LogP contribution in [0.3, 0.4) is 0 Å². The Kier molecular flexibility index (Phi) is 7.53. The van der Waals surface area contributed by atoms with E-state index in [9.17, 15) is 8.42 Å². The lowest BCUT2D eigenvalue weighted by Crippen LogP contribution is -2.02. The Bertz CT molecular complexity index is 397. The van der Waals surface area contributed by atoms with E-state index in [1.165, 1.54) is 12.5 Å². The maximum atomic E-state index is 9.68. The predicted octanol–water partition coefficient (Wildman–Crippen LogP) is 2.45. The summed E-state index contributed by atoms with van der Waals surface area (Å²) < 4.78 is 33.2. The van der Waals surface area contributed by atoms with Crippen LogP contribution >= 0.6 is 0 Å². The van der Waals surface area contributed by atoms with E-state index < -0.39 is 10.4 Å². The van der Waals surface area contributed by atoms with Gasteiger partial charge in [0.2, 0.25) is 0 Å². The van der Waals surface area contributed by atoms with Gasteiger partial charge in [0, 0.05) is 18.4 Å². The van der Waals surface area contributed by atoms with Gasteiger partial charge in [0.1, 0.15) is 0 Å². The summed E-state index contributed by atoms with van der Waals surface area (Å²) in [6.45, 7) is 7.39. The highest BCUT2D eigenvalue weighted by molar-refractivity contribution is 7.80. The first-order valence-electron chi connectivity index (χ1n) is 5.26. The molecule has 17 heavy (non-hydrogen) atoms. The van der Waals surface area contributed by atoms with Crippen LogP contribution in [0.4, 0.5) is 0 Å². The van der Waals surface area contributed by atoms with E-state index in [0.717, 1.165) is 0 Å². The highest BCUT2D eigenvalue weighted by atomic mass is 32.3. The molecule has 1 aromatic rings. The highest BCUT2D eigenvalue weighted by Crippen LogP contribution is 2.08. The average Bonchev–Trinajstić information content (AvgIpc) is 2.78. The molecule has 1 rings (SSSR count). The van der Waals surface area contributed by atoms with Gasteiger partial charge in [-0.1, -0.05) is 13.0 Å². The Hall–Kier alpha value is -1.11. The Morgan fingerprint density at radius 3 is 2.29 bits per heavy atom. The molecule has 0 aliphatic rings. The first-order valence-corrected chi connectivity index (χ1v) is 6.62. The van der Waals surface area contributed by atoms with Crippen LogP contribution in [-0.2, 0) is 14.6 Å². The summed E-state index contributed by atoms with van der Waals surface area (Å²) in [4.78, 5) is 0. The first kappa shape index (κ1) is 15.9. The van der Waals surface area contributed by atoms with Crippen molar-refractivity contribution in [2.45, 2.75) is 26.3 Å². The second kappa shape index (κ2) is 8.05. The van der Waals surface area contributed by atoms with Crippen molar-refractivity contribution in [1.29, 1.82) is 0 Å². The van der Waals surface area contributed by atoms with Crippen LogP contribution in [0, 0.1) is 0 Å². The molecule has 0 saturated heterocycles. The van der Waals surface area contributed by atoms with E-state index in [1.54, 1.807) is 0 Å². The smallest absolute Gasteiger partial charge is 0.352 e. The zero-order chi connectivity index (χ0) is 13.3. The average molecular weight is 261 g/mol. The van der Waals surface area contributed by atoms with Crippen molar-refractivity contribution in [3.63, 3.8) is 0 Å². The minimum absolute atomic E-state index is 0.196. The molecule has 5 nitrogen and oxygen atoms in total. The highest BCUT2D eigenvalue weighted by Gasteiger charge is 1.99. The number of hydrogen-bond acceptors (Lipinski definition) is 3. The lowest BCUT2D eigenvalue weighted by Gasteiger charge is -2.09. The van der Waals surface area contributed by atoms with Crippen LogP contribution in [0.2, 0.25) is 0 Å². The van der Waals surface area contributed by atoms with Crippen molar-refractivity contribution >= 4 is 10.4 Å². The zero-order valence-electron chi connectivity index (χ0n) is 10.1. The molecule has 0 aliphatic carbocycles. The Labute approximate surface area is 103 Å². The first-order chi connectivity index (χ1) is 7.90. The summed E-state index contributed by atoms with van der Waals surface area (Å²) >= 11 is 0. The fraction of sp³-hybridized carbons (Fsp3) is 0.455. The Morgan fingerprint density at radius 2 is 2.00 bits per heavy atom. The van der Waals surface area contributed by atoms with Crippen molar-refractivity contribution in [1.82, 2.24) is 4.57 Å². The van der Waals surface area contributed by atoms with Gasteiger partial charge < -0.3 is 4.57 Å². The van der Waals surface area contributed by atoms with E-state index in [1.807, 2.05) is 0 Å². The molecular formula is C11H19NO4S. The molecule has 0 aliphatic heterocycles. The minimum atomic E-state index is -4.26. The molecule has 6 heteroatoms. The van der Waals surface area contributed by atoms with E-state index in [-0.39, 0.29) is 6.61 Å². The van der Waals surface area contributed by atoms with Gasteiger partial charge in [-0.05, 0) is 25.5 Å². The maximum Gasteiger partial charge on any atom is 0.397 e. The molecule has 0 amide bonds. The van der Waals surface area contributed by atoms with Crippen molar-refractivity contribution < 1.29 is 17.2 Å². The van der Waals surface area contributed by atoms with E-state index in [0.29, 0.717) is 6.04 Å². The summed E-state index contributed by atoms with van der Waals surface area (Å²) in [6.07, 6.45) is 6.63. The van der Waals surface area contributed by atoms with Gasteiger partial charge in [0.05, 0.1) is 6.61 Å². The molecule has 98 valence electrons. The van der Waals surface area contributed by atoms with Crippen LogP contribution in [0.25, 0.3) is 0 Å². The van der Waals surface area contributed by atoms with Crippen molar-refractivity contribution in [2.75, 3.05) is 6.61 Å². The Morgan fingerprint density at radius 1 is 1.47 bits per heavy atom. The van der Waals surface area contributed by atoms with Gasteiger partial charge in [-0.2, -0.15) is 8.42 Å². The molecule has 1 unspecified atom stereocenters. The molecule has 1 heterocycles. The van der Waals surface area contributed by atoms with Gasteiger partial charge in [-0.15, -0.1) is 6.58 Å². The summed E-state index contributed by atoms with van der Waals surface area (Å²) in [5.41, 5.74) is 0. The second-order valence-electron chi connectivity index (χ2n) is 3.39. The third-order valence-electron chi connectivity index (χ3n) is 2.06. The van der Waals surface area contributed by atoms with Crippen LogP contribution in [0.15, 0.2) is 37.2 Å². The topological polar surface area (TPSA) is 68.5 Å². The van der Waals surface area contributed by atoms with Gasteiger partial charge in [0.25, 0.3) is 0 Å². The zero-order valence-corrected chi connectivity index (χ0v) is 10.9. The summed E-state index contributed by atoms with van der Waals surface area (Å²) in [5.74, 6) is 0. The summed E-state index contributed by atoms with van der Waals surface area (Å²) in [6, 6.07) is 4.78. The molecule has 1 atom stereocenters. The van der Waals surface area contributed by atoms with Gasteiger partial charge in [-0.25, -0.2) is 4.18 Å². The summed E-state index contributed by atoms with van der Waals surface area (Å²) in [5, 5.41) is 0. The molecule has 0 fully saturated rings. The third kappa shape index (κ3) is 8.67. The number of hydrogen-bond donors (Lipinski definition) is 1. The molecule has 0 aromatic carbocycles. The SMILES string of the molecule is C=CCOS(=O)(=O)O.CCC(C)n1cccc1. The molecule has 0 radical (unpaired) electrons. The molecular weight excluding hydrogens is 242 g/mol. The molecule has 0 spiro atoms. The molecule has 0 bridgehead atoms. The van der Waals surface area contributed by atoms with Crippen LogP contribution in [0.1, 0.15) is 26.3 Å². The van der Waals surface area contributed by atoms with Crippen LogP contribution in [-0.4, -0.2) is 24.1 Å². The standard InChI is InChI=1S/C8H13N.C3H6O4S/c1-3-8(2)9-6-4-5-7-9;1-2-3-7-8(4,5)6/h4-8H,3H2,1-2H3;2H,1,3H2,(H,4,5,6). The molecule has 0 saturated carbocycles. The van der Waals surface area contributed by atoms with Crippen molar-refractivity contribution in [2.24, 2.45) is 0 Å². The predicted molar refractivity (Wildman–Crippen MR) is 67.1 cm³/mol. The number of aromatic nitrogens is 1. The molecule has 1 aromatic heterocycles. The van der Waals surface area contributed by atoms with Gasteiger partial charge in [-0.3, -0.25) is 4.55 Å². The van der Waals surface area contributed by atoms with Crippen molar-refractivity contribution in [3.05, 3.63) is 37.2 Å². The van der Waals surface area contributed by atoms with E-state index >= 15 is 0 Å². The fourth-order valence-electron chi connectivity index (χ4n) is 0.987. The van der Waals surface area contributed by atoms with Crippen LogP contribution < -0.4 is 0 Å². The van der Waals surface area contributed by atoms with Gasteiger partial charge >= 0.3 is 10.4 Å². The normalized spacial score (nSPS) is 12.4. The van der Waals surface area contributed by atoms with Crippen molar-refractivity contribution in [3.8, 4) is 0 Å². The number of rotatable bonds is 5. The number of nitrogens with zero attached hydrogens (tertiary/aromatic N) is 1. The second-order valence-corrected chi connectivity index (χ2v) is 4.48. The van der Waals surface area contributed by atoms with E-state index in [4.69, 9.17) is 4.55 Å². The largest absolute Gasteiger partial charge is 0.397 e. The van der Waals surface area contributed by atoms with Crippen LogP contribution in [0.5, 0.6) is 0 Å². The lowest BCUT2D eigenvalue weighted by atomic mass is 10.3. The summed E-state index contributed by atoms with van der Waals surface area (Å²) in [7, 11) is -4.26. The van der Waals surface area contributed by atoms with Gasteiger partial charge in [0.15, 0.2) is 0 Å². The third-order valence-corrected chi connectivity index (χ3v) is 2.50. The quantitative estimate of drug-likeness (QED) is 0.653. The fourth-order valence-corrected chi connectivity index (χ4v) is 1.25. The Balaban J connectivity index is 0.000000304.